The number of rotatable bonds is 3. The van der Waals surface area contributed by atoms with E-state index >= 15 is 0 Å². The second-order valence-corrected chi connectivity index (χ2v) is 2.95. The SMILES string of the molecule is CNCc1ncnn1-c1ccccc1. The van der Waals surface area contributed by atoms with Crippen molar-refractivity contribution in [3.8, 4) is 5.69 Å². The highest BCUT2D eigenvalue weighted by Gasteiger charge is 2.03. The Morgan fingerprint density at radius 2 is 2.07 bits per heavy atom. The van der Waals surface area contributed by atoms with Gasteiger partial charge in [-0.3, -0.25) is 0 Å². The molecule has 0 bridgehead atoms. The van der Waals surface area contributed by atoms with E-state index in [2.05, 4.69) is 15.4 Å². The van der Waals surface area contributed by atoms with Gasteiger partial charge in [0.05, 0.1) is 12.2 Å². The molecule has 72 valence electrons. The molecule has 0 amide bonds. The lowest BCUT2D eigenvalue weighted by Gasteiger charge is -2.04. The van der Waals surface area contributed by atoms with Gasteiger partial charge >= 0.3 is 0 Å². The van der Waals surface area contributed by atoms with Crippen LogP contribution in [-0.2, 0) is 6.54 Å². The molecule has 0 fully saturated rings. The highest BCUT2D eigenvalue weighted by atomic mass is 15.3. The van der Waals surface area contributed by atoms with E-state index in [9.17, 15) is 0 Å². The van der Waals surface area contributed by atoms with Crippen LogP contribution in [0.4, 0.5) is 0 Å². The summed E-state index contributed by atoms with van der Waals surface area (Å²) in [6.07, 6.45) is 1.57. The number of nitrogens with one attached hydrogen (secondary N) is 1. The first-order valence-corrected chi connectivity index (χ1v) is 4.51. The van der Waals surface area contributed by atoms with E-state index in [1.54, 1.807) is 6.33 Å². The predicted octanol–water partition coefficient (Wildman–Crippen LogP) is 0.987. The highest BCUT2D eigenvalue weighted by molar-refractivity contribution is 5.30. The third kappa shape index (κ3) is 1.65. The number of hydrogen-bond donors (Lipinski definition) is 1. The molecule has 0 spiro atoms. The molecule has 0 atom stereocenters. The summed E-state index contributed by atoms with van der Waals surface area (Å²) < 4.78 is 1.83. The number of benzene rings is 1. The number of nitrogens with zero attached hydrogens (tertiary/aromatic N) is 3. The third-order valence-electron chi connectivity index (χ3n) is 1.95. The summed E-state index contributed by atoms with van der Waals surface area (Å²) in [5.41, 5.74) is 1.04. The lowest BCUT2D eigenvalue weighted by molar-refractivity contribution is 0.712. The van der Waals surface area contributed by atoms with Crippen LogP contribution in [-0.4, -0.2) is 21.8 Å². The Balaban J connectivity index is 2.37. The summed E-state index contributed by atoms with van der Waals surface area (Å²) in [5, 5.41) is 7.23. The highest BCUT2D eigenvalue weighted by Crippen LogP contribution is 2.06. The first-order valence-electron chi connectivity index (χ1n) is 4.51. The minimum Gasteiger partial charge on any atom is -0.313 e. The van der Waals surface area contributed by atoms with Gasteiger partial charge in [-0.1, -0.05) is 18.2 Å². The summed E-state index contributed by atoms with van der Waals surface area (Å²) in [4.78, 5) is 4.17. The molecule has 1 aromatic carbocycles. The van der Waals surface area contributed by atoms with Crippen LogP contribution in [0.2, 0.25) is 0 Å². The first kappa shape index (κ1) is 8.90. The molecule has 0 aliphatic heterocycles. The molecule has 0 aliphatic carbocycles. The van der Waals surface area contributed by atoms with Crippen molar-refractivity contribution in [2.24, 2.45) is 0 Å². The third-order valence-corrected chi connectivity index (χ3v) is 1.95. The Morgan fingerprint density at radius 1 is 1.29 bits per heavy atom. The molecular formula is C10H12N4. The van der Waals surface area contributed by atoms with Crippen LogP contribution in [0, 0.1) is 0 Å². The van der Waals surface area contributed by atoms with Gasteiger partial charge in [0.15, 0.2) is 0 Å². The fraction of sp³-hybridized carbons (Fsp3) is 0.200. The zero-order valence-electron chi connectivity index (χ0n) is 8.01. The van der Waals surface area contributed by atoms with Gasteiger partial charge in [0.25, 0.3) is 0 Å². The quantitative estimate of drug-likeness (QED) is 0.781. The fourth-order valence-electron chi connectivity index (χ4n) is 1.33. The van der Waals surface area contributed by atoms with Gasteiger partial charge in [0.2, 0.25) is 0 Å². The van der Waals surface area contributed by atoms with Crippen LogP contribution in [0.1, 0.15) is 5.82 Å². The van der Waals surface area contributed by atoms with Crippen molar-refractivity contribution in [3.05, 3.63) is 42.5 Å². The molecule has 0 radical (unpaired) electrons. The van der Waals surface area contributed by atoms with Gasteiger partial charge in [-0.25, -0.2) is 9.67 Å². The van der Waals surface area contributed by atoms with E-state index in [0.717, 1.165) is 18.1 Å². The summed E-state index contributed by atoms with van der Waals surface area (Å²) in [7, 11) is 1.89. The van der Waals surface area contributed by atoms with Crippen molar-refractivity contribution in [2.45, 2.75) is 6.54 Å². The Bertz CT molecular complexity index is 394. The van der Waals surface area contributed by atoms with Crippen LogP contribution in [0.5, 0.6) is 0 Å². The molecular weight excluding hydrogens is 176 g/mol. The van der Waals surface area contributed by atoms with E-state index in [1.807, 2.05) is 42.1 Å². The Labute approximate surface area is 82.6 Å². The van der Waals surface area contributed by atoms with Gasteiger partial charge in [-0.2, -0.15) is 5.10 Å². The second kappa shape index (κ2) is 4.02. The van der Waals surface area contributed by atoms with Crippen molar-refractivity contribution < 1.29 is 0 Å². The van der Waals surface area contributed by atoms with Crippen LogP contribution >= 0.6 is 0 Å². The molecule has 0 saturated carbocycles. The van der Waals surface area contributed by atoms with Crippen molar-refractivity contribution in [1.29, 1.82) is 0 Å². The number of para-hydroxylation sites is 1. The Kier molecular flexibility index (Phi) is 2.55. The molecule has 0 aliphatic rings. The van der Waals surface area contributed by atoms with Crippen molar-refractivity contribution >= 4 is 0 Å². The maximum atomic E-state index is 4.17. The molecule has 1 heterocycles. The number of hydrogen-bond acceptors (Lipinski definition) is 3. The van der Waals surface area contributed by atoms with Crippen molar-refractivity contribution in [2.75, 3.05) is 7.05 Å². The molecule has 2 rings (SSSR count). The molecule has 14 heavy (non-hydrogen) atoms. The average Bonchev–Trinajstić information content (AvgIpc) is 2.68. The second-order valence-electron chi connectivity index (χ2n) is 2.95. The molecule has 0 unspecified atom stereocenters. The van der Waals surface area contributed by atoms with Crippen LogP contribution < -0.4 is 5.32 Å². The van der Waals surface area contributed by atoms with E-state index in [4.69, 9.17) is 0 Å². The largest absolute Gasteiger partial charge is 0.313 e. The van der Waals surface area contributed by atoms with Crippen LogP contribution in [0.25, 0.3) is 5.69 Å². The standard InChI is InChI=1S/C10H12N4/c1-11-7-10-12-8-13-14(10)9-5-3-2-4-6-9/h2-6,8,11H,7H2,1H3. The van der Waals surface area contributed by atoms with Gasteiger partial charge in [-0.05, 0) is 19.2 Å². The topological polar surface area (TPSA) is 42.7 Å². The average molecular weight is 188 g/mol. The van der Waals surface area contributed by atoms with E-state index in [-0.39, 0.29) is 0 Å². The lowest BCUT2D eigenvalue weighted by atomic mass is 10.3. The van der Waals surface area contributed by atoms with Crippen molar-refractivity contribution in [1.82, 2.24) is 20.1 Å². The molecule has 4 nitrogen and oxygen atoms in total. The maximum Gasteiger partial charge on any atom is 0.146 e. The zero-order chi connectivity index (χ0) is 9.80. The van der Waals surface area contributed by atoms with Gasteiger partial charge in [0.1, 0.15) is 12.2 Å². The summed E-state index contributed by atoms with van der Waals surface area (Å²) >= 11 is 0. The Hall–Kier alpha value is -1.68. The van der Waals surface area contributed by atoms with Gasteiger partial charge in [0, 0.05) is 0 Å². The normalized spacial score (nSPS) is 10.4. The monoisotopic (exact) mass is 188 g/mol. The molecule has 1 aromatic heterocycles. The summed E-state index contributed by atoms with van der Waals surface area (Å²) in [6, 6.07) is 9.97. The Morgan fingerprint density at radius 3 is 2.79 bits per heavy atom. The zero-order valence-corrected chi connectivity index (χ0v) is 8.01. The van der Waals surface area contributed by atoms with Crippen LogP contribution in [0.3, 0.4) is 0 Å². The maximum absolute atomic E-state index is 4.17. The van der Waals surface area contributed by atoms with Gasteiger partial charge < -0.3 is 5.32 Å². The molecule has 1 N–H and O–H groups in total. The summed E-state index contributed by atoms with van der Waals surface area (Å²) in [6.45, 7) is 0.717. The number of aromatic nitrogens is 3. The predicted molar refractivity (Wildman–Crippen MR) is 54.1 cm³/mol. The van der Waals surface area contributed by atoms with Crippen LogP contribution in [0.15, 0.2) is 36.7 Å². The lowest BCUT2D eigenvalue weighted by Crippen LogP contribution is -2.12. The van der Waals surface area contributed by atoms with E-state index in [1.165, 1.54) is 0 Å². The molecule has 2 aromatic rings. The minimum atomic E-state index is 0.717. The first-order chi connectivity index (χ1) is 6.92. The molecule has 4 heteroatoms. The molecule has 0 saturated heterocycles. The van der Waals surface area contributed by atoms with E-state index < -0.39 is 0 Å². The van der Waals surface area contributed by atoms with Crippen molar-refractivity contribution in [3.63, 3.8) is 0 Å². The minimum absolute atomic E-state index is 0.717. The van der Waals surface area contributed by atoms with E-state index in [0.29, 0.717) is 0 Å². The van der Waals surface area contributed by atoms with Gasteiger partial charge in [-0.15, -0.1) is 0 Å². The fourth-order valence-corrected chi connectivity index (χ4v) is 1.33. The summed E-state index contributed by atoms with van der Waals surface area (Å²) in [5.74, 6) is 0.915. The smallest absolute Gasteiger partial charge is 0.146 e.